The number of fused-ring (bicyclic) bond motifs is 1. The maximum atomic E-state index is 13.4. The van der Waals surface area contributed by atoms with Crippen molar-refractivity contribution in [3.05, 3.63) is 66.0 Å². The molecule has 3 amide bonds. The van der Waals surface area contributed by atoms with Gasteiger partial charge in [0.05, 0.1) is 0 Å². The first kappa shape index (κ1) is 24.6. The molecule has 0 radical (unpaired) electrons. The Morgan fingerprint density at radius 2 is 1.58 bits per heavy atom. The van der Waals surface area contributed by atoms with Crippen LogP contribution in [-0.2, 0) is 0 Å². The molecular weight excluding hydrogens is 488 g/mol. The summed E-state index contributed by atoms with van der Waals surface area (Å²) in [6.07, 6.45) is -8.27. The molecule has 0 unspecified atom stereocenters. The monoisotopic (exact) mass is 506 g/mol. The number of aryl methyl sites for hydroxylation is 1. The van der Waals surface area contributed by atoms with E-state index in [9.17, 15) is 27.2 Å². The number of ether oxygens (including phenoxy) is 3. The van der Waals surface area contributed by atoms with Gasteiger partial charge in [-0.2, -0.15) is 17.6 Å². The normalized spacial score (nSPS) is 14.9. The van der Waals surface area contributed by atoms with Gasteiger partial charge in [-0.25, -0.2) is 4.79 Å². The third kappa shape index (κ3) is 5.09. The Kier molecular flexibility index (Phi) is 6.31. The molecule has 188 valence electrons. The van der Waals surface area contributed by atoms with E-state index in [1.165, 1.54) is 25.4 Å². The van der Waals surface area contributed by atoms with Crippen LogP contribution < -0.4 is 30.2 Å². The Morgan fingerprint density at radius 1 is 0.889 bits per heavy atom. The minimum atomic E-state index is -4.87. The first-order chi connectivity index (χ1) is 17.0. The minimum Gasteiger partial charge on any atom is -0.457 e. The Balaban J connectivity index is 1.41. The maximum Gasteiger partial charge on any atom is 0.507 e. The largest absolute Gasteiger partial charge is 0.507 e. The number of carbonyl (C=O) groups is 2. The summed E-state index contributed by atoms with van der Waals surface area (Å²) in [5, 5.41) is 7.45. The molecule has 2 heterocycles. The molecule has 1 aliphatic rings. The van der Waals surface area contributed by atoms with Crippen molar-refractivity contribution in [3.63, 3.8) is 0 Å². The zero-order valence-corrected chi connectivity index (χ0v) is 18.7. The lowest BCUT2D eigenvalue weighted by atomic mass is 10.2. The Labute approximate surface area is 201 Å². The zero-order valence-electron chi connectivity index (χ0n) is 18.7. The number of halogens is 4. The Hall–Kier alpha value is -4.55. The van der Waals surface area contributed by atoms with Gasteiger partial charge in [-0.15, -0.1) is 0 Å². The van der Waals surface area contributed by atoms with Gasteiger partial charge in [-0.3, -0.25) is 9.78 Å². The van der Waals surface area contributed by atoms with Gasteiger partial charge in [0, 0.05) is 36.8 Å². The number of urea groups is 1. The molecule has 0 aliphatic carbocycles. The molecule has 0 atom stereocenters. The lowest BCUT2D eigenvalue weighted by Gasteiger charge is -2.31. The molecule has 4 rings (SSSR count). The average Bonchev–Trinajstić information content (AvgIpc) is 2.81. The van der Waals surface area contributed by atoms with Gasteiger partial charge in [0.1, 0.15) is 17.2 Å². The summed E-state index contributed by atoms with van der Waals surface area (Å²) < 4.78 is 67.1. The van der Waals surface area contributed by atoms with Crippen LogP contribution in [0.5, 0.6) is 23.0 Å². The van der Waals surface area contributed by atoms with Crippen molar-refractivity contribution >= 4 is 23.3 Å². The van der Waals surface area contributed by atoms with Crippen LogP contribution in [0.1, 0.15) is 16.1 Å². The smallest absolute Gasteiger partial charge is 0.457 e. The van der Waals surface area contributed by atoms with Crippen molar-refractivity contribution in [2.45, 2.75) is 19.1 Å². The maximum absolute atomic E-state index is 13.4. The molecule has 0 spiro atoms. The summed E-state index contributed by atoms with van der Waals surface area (Å²) in [5.74, 6) is -0.815. The van der Waals surface area contributed by atoms with Crippen LogP contribution in [0.25, 0.3) is 0 Å². The number of hydrogen-bond acceptors (Lipinski definition) is 6. The zero-order chi connectivity index (χ0) is 26.1. The molecular formula is C23H18F4N4O5. The molecule has 9 nitrogen and oxygen atoms in total. The van der Waals surface area contributed by atoms with E-state index in [0.717, 1.165) is 12.1 Å². The minimum absolute atomic E-state index is 0.00178. The van der Waals surface area contributed by atoms with Gasteiger partial charge in [0.2, 0.25) is 0 Å². The number of nitrogens with one attached hydrogen (secondary N) is 3. The van der Waals surface area contributed by atoms with Gasteiger partial charge in [-0.05, 0) is 48.9 Å². The van der Waals surface area contributed by atoms with Crippen LogP contribution >= 0.6 is 0 Å². The highest BCUT2D eigenvalue weighted by atomic mass is 19.3. The number of amides is 3. The Bertz CT molecular complexity index is 1340. The fourth-order valence-electron chi connectivity index (χ4n) is 3.13. The molecule has 36 heavy (non-hydrogen) atoms. The number of carbonyl (C=O) groups excluding carboxylic acids is 2. The van der Waals surface area contributed by atoms with Crippen molar-refractivity contribution < 1.29 is 41.4 Å². The van der Waals surface area contributed by atoms with E-state index in [1.54, 1.807) is 31.2 Å². The fourth-order valence-corrected chi connectivity index (χ4v) is 3.13. The quantitative estimate of drug-likeness (QED) is 0.413. The van der Waals surface area contributed by atoms with Crippen molar-refractivity contribution in [2.24, 2.45) is 0 Å². The predicted molar refractivity (Wildman–Crippen MR) is 119 cm³/mol. The van der Waals surface area contributed by atoms with E-state index in [1.807, 2.05) is 0 Å². The van der Waals surface area contributed by atoms with Crippen molar-refractivity contribution in [1.82, 2.24) is 10.3 Å². The second kappa shape index (κ2) is 9.24. The van der Waals surface area contributed by atoms with Crippen molar-refractivity contribution in [2.75, 3.05) is 17.7 Å². The summed E-state index contributed by atoms with van der Waals surface area (Å²) in [6, 6.07) is 10.2. The predicted octanol–water partition coefficient (Wildman–Crippen LogP) is 5.14. The molecule has 13 heteroatoms. The van der Waals surface area contributed by atoms with E-state index >= 15 is 0 Å². The molecule has 0 fully saturated rings. The van der Waals surface area contributed by atoms with Gasteiger partial charge >= 0.3 is 18.2 Å². The molecule has 0 bridgehead atoms. The van der Waals surface area contributed by atoms with E-state index < -0.39 is 29.7 Å². The number of rotatable bonds is 5. The fraction of sp³-hybridized carbons (Fsp3) is 0.174. The number of benzene rings is 2. The molecule has 3 aromatic rings. The molecule has 1 aromatic heterocycles. The number of alkyl halides is 4. The molecule has 2 aromatic carbocycles. The third-order valence-electron chi connectivity index (χ3n) is 4.89. The highest BCUT2D eigenvalue weighted by Gasteiger charge is 2.65. The van der Waals surface area contributed by atoms with E-state index in [2.05, 4.69) is 30.4 Å². The lowest BCUT2D eigenvalue weighted by Crippen LogP contribution is -2.52. The van der Waals surface area contributed by atoms with Gasteiger partial charge in [0.25, 0.3) is 5.91 Å². The highest BCUT2D eigenvalue weighted by molar-refractivity contribution is 6.00. The van der Waals surface area contributed by atoms with Crippen LogP contribution in [0.4, 0.5) is 33.7 Å². The summed E-state index contributed by atoms with van der Waals surface area (Å²) in [5.41, 5.74) is 1.20. The second-order valence-electron chi connectivity index (χ2n) is 7.51. The summed E-state index contributed by atoms with van der Waals surface area (Å²) >= 11 is 0. The number of anilines is 2. The van der Waals surface area contributed by atoms with Crippen LogP contribution in [0.3, 0.4) is 0 Å². The van der Waals surface area contributed by atoms with Crippen LogP contribution in [0.15, 0.2) is 54.7 Å². The molecule has 1 aliphatic heterocycles. The number of aromatic nitrogens is 1. The third-order valence-corrected chi connectivity index (χ3v) is 4.89. The number of hydrogen-bond donors (Lipinski definition) is 3. The second-order valence-corrected chi connectivity index (χ2v) is 7.51. The van der Waals surface area contributed by atoms with Crippen LogP contribution in [0, 0.1) is 6.92 Å². The van der Waals surface area contributed by atoms with Crippen molar-refractivity contribution in [1.29, 1.82) is 0 Å². The number of pyridine rings is 1. The SMILES string of the molecule is CNC(=O)c1cc(Oc2ccc(NC(=O)Nc3ccc4c(c3)OC(F)(F)C(F)(F)O4)c(C)c2)ccn1. The topological polar surface area (TPSA) is 111 Å². The molecule has 0 saturated carbocycles. The lowest BCUT2D eigenvalue weighted by molar-refractivity contribution is -0.391. The molecule has 0 saturated heterocycles. The van der Waals surface area contributed by atoms with Gasteiger partial charge in [-0.1, -0.05) is 0 Å². The van der Waals surface area contributed by atoms with Gasteiger partial charge in [0.15, 0.2) is 11.5 Å². The number of nitrogens with zero attached hydrogens (tertiary/aromatic N) is 1. The summed E-state index contributed by atoms with van der Waals surface area (Å²) in [7, 11) is 1.48. The highest BCUT2D eigenvalue weighted by Crippen LogP contribution is 2.47. The standard InChI is InChI=1S/C23H18F4N4O5/c1-12-9-14(34-15-7-8-29-17(11-15)20(32)28-2)4-5-16(12)31-21(33)30-13-3-6-18-19(10-13)36-23(26,27)22(24,25)35-18/h3-11H,1-2H3,(H,28,32)(H2,30,31,33). The van der Waals surface area contributed by atoms with E-state index in [0.29, 0.717) is 22.7 Å². The van der Waals surface area contributed by atoms with E-state index in [4.69, 9.17) is 4.74 Å². The average molecular weight is 506 g/mol. The molecule has 3 N–H and O–H groups in total. The Morgan fingerprint density at radius 3 is 2.28 bits per heavy atom. The first-order valence-corrected chi connectivity index (χ1v) is 10.3. The first-order valence-electron chi connectivity index (χ1n) is 10.3. The summed E-state index contributed by atoms with van der Waals surface area (Å²) in [4.78, 5) is 28.1. The van der Waals surface area contributed by atoms with Crippen molar-refractivity contribution in [3.8, 4) is 23.0 Å². The van der Waals surface area contributed by atoms with E-state index in [-0.39, 0.29) is 17.3 Å². The van der Waals surface area contributed by atoms with Crippen LogP contribution in [-0.4, -0.2) is 36.2 Å². The van der Waals surface area contributed by atoms with Gasteiger partial charge < -0.3 is 30.2 Å². The van der Waals surface area contributed by atoms with Crippen LogP contribution in [0.2, 0.25) is 0 Å². The summed E-state index contributed by atoms with van der Waals surface area (Å²) in [6.45, 7) is 1.71.